The summed E-state index contributed by atoms with van der Waals surface area (Å²) in [6.45, 7) is 12.6. The first-order valence-electron chi connectivity index (χ1n) is 9.37. The number of hydrogen-bond donors (Lipinski definition) is 1. The molecule has 5 nitrogen and oxygen atoms in total. The monoisotopic (exact) mass is 383 g/mol. The van der Waals surface area contributed by atoms with Crippen molar-refractivity contribution < 1.29 is 19.0 Å². The first kappa shape index (κ1) is 20.1. The van der Waals surface area contributed by atoms with Crippen molar-refractivity contribution in [2.24, 2.45) is 0 Å². The van der Waals surface area contributed by atoms with Gasteiger partial charge < -0.3 is 19.0 Å². The second kappa shape index (κ2) is 6.73. The predicted octanol–water partition coefficient (Wildman–Crippen LogP) is 5.81. The molecule has 0 aliphatic carbocycles. The Kier molecular flexibility index (Phi) is 4.82. The van der Waals surface area contributed by atoms with E-state index in [1.54, 1.807) is 14.2 Å². The van der Waals surface area contributed by atoms with Crippen molar-refractivity contribution in [2.75, 3.05) is 14.2 Å². The zero-order chi connectivity index (χ0) is 20.9. The van der Waals surface area contributed by atoms with Crippen LogP contribution in [0.4, 0.5) is 0 Å². The van der Waals surface area contributed by atoms with Gasteiger partial charge in [0, 0.05) is 11.1 Å². The molecule has 0 atom stereocenters. The molecule has 0 aliphatic heterocycles. The number of phenols is 1. The summed E-state index contributed by atoms with van der Waals surface area (Å²) in [5.41, 5.74) is 3.36. The number of nitrogens with zero attached hydrogens (tertiary/aromatic N) is 1. The number of aromatic hydroxyl groups is 1. The van der Waals surface area contributed by atoms with Crippen LogP contribution in [0.2, 0.25) is 0 Å². The number of benzene rings is 2. The van der Waals surface area contributed by atoms with Gasteiger partial charge >= 0.3 is 0 Å². The van der Waals surface area contributed by atoms with E-state index >= 15 is 0 Å². The fourth-order valence-electron chi connectivity index (χ4n) is 3.30. The van der Waals surface area contributed by atoms with Crippen LogP contribution < -0.4 is 9.47 Å². The zero-order valence-electron chi connectivity index (χ0n) is 17.9. The number of aromatic nitrogens is 1. The van der Waals surface area contributed by atoms with Crippen LogP contribution in [0.1, 0.15) is 52.7 Å². The van der Waals surface area contributed by atoms with Crippen LogP contribution in [-0.4, -0.2) is 24.3 Å². The van der Waals surface area contributed by atoms with E-state index in [1.807, 2.05) is 18.2 Å². The molecule has 1 N–H and O–H groups in total. The summed E-state index contributed by atoms with van der Waals surface area (Å²) in [5.74, 6) is 1.81. The van der Waals surface area contributed by atoms with Gasteiger partial charge in [-0.25, -0.2) is 4.98 Å². The van der Waals surface area contributed by atoms with Crippen molar-refractivity contribution in [3.8, 4) is 28.7 Å². The van der Waals surface area contributed by atoms with Crippen molar-refractivity contribution in [2.45, 2.75) is 52.4 Å². The maximum Gasteiger partial charge on any atom is 0.227 e. The Bertz CT molecular complexity index is 1020. The van der Waals surface area contributed by atoms with Gasteiger partial charge in [-0.3, -0.25) is 0 Å². The average Bonchev–Trinajstić information content (AvgIpc) is 3.05. The topological polar surface area (TPSA) is 64.7 Å². The van der Waals surface area contributed by atoms with Crippen LogP contribution in [0.15, 0.2) is 28.7 Å². The molecule has 0 fully saturated rings. The Morgan fingerprint density at radius 1 is 0.857 bits per heavy atom. The van der Waals surface area contributed by atoms with Crippen LogP contribution in [0, 0.1) is 0 Å². The van der Waals surface area contributed by atoms with Crippen LogP contribution in [0.5, 0.6) is 17.2 Å². The molecule has 1 aromatic heterocycles. The number of oxazole rings is 1. The molecule has 0 unspecified atom stereocenters. The minimum absolute atomic E-state index is 0.148. The largest absolute Gasteiger partial charge is 0.504 e. The number of hydrogen-bond acceptors (Lipinski definition) is 5. The van der Waals surface area contributed by atoms with E-state index in [1.165, 1.54) is 0 Å². The summed E-state index contributed by atoms with van der Waals surface area (Å²) in [4.78, 5) is 4.74. The fraction of sp³-hybridized carbons (Fsp3) is 0.435. The van der Waals surface area contributed by atoms with Gasteiger partial charge in [0.1, 0.15) is 5.52 Å². The minimum atomic E-state index is -0.228. The Hall–Kier alpha value is -2.69. The molecule has 2 aromatic carbocycles. The lowest BCUT2D eigenvalue weighted by Crippen LogP contribution is -2.17. The summed E-state index contributed by atoms with van der Waals surface area (Å²) in [6.07, 6.45) is 0. The van der Waals surface area contributed by atoms with Gasteiger partial charge in [0.15, 0.2) is 22.8 Å². The van der Waals surface area contributed by atoms with E-state index in [0.717, 1.165) is 16.7 Å². The molecule has 0 amide bonds. The smallest absolute Gasteiger partial charge is 0.227 e. The highest BCUT2D eigenvalue weighted by Gasteiger charge is 2.29. The molecule has 0 radical (unpaired) electrons. The maximum atomic E-state index is 10.9. The Morgan fingerprint density at radius 3 is 2.00 bits per heavy atom. The molecule has 5 heteroatoms. The standard InChI is InChI=1S/C23H29NO4/c1-22(2,3)14-12-15(23(4,5)6)19(25)20-18(14)24-21(28-20)13-9-10-16(26-7)17(11-13)27-8/h9-12,25H,1-8H3. The first-order valence-corrected chi connectivity index (χ1v) is 9.37. The van der Waals surface area contributed by atoms with E-state index in [0.29, 0.717) is 28.5 Å². The molecule has 150 valence electrons. The van der Waals surface area contributed by atoms with E-state index < -0.39 is 0 Å². The highest BCUT2D eigenvalue weighted by molar-refractivity contribution is 5.87. The van der Waals surface area contributed by atoms with Crippen molar-refractivity contribution >= 4 is 11.1 Å². The molecule has 3 rings (SSSR count). The van der Waals surface area contributed by atoms with Crippen molar-refractivity contribution in [3.63, 3.8) is 0 Å². The quantitative estimate of drug-likeness (QED) is 0.618. The number of fused-ring (bicyclic) bond motifs is 1. The molecule has 0 bridgehead atoms. The number of rotatable bonds is 3. The Morgan fingerprint density at radius 2 is 1.46 bits per heavy atom. The SMILES string of the molecule is COc1ccc(-c2nc3c(C(C)(C)C)cc(C(C)(C)C)c(O)c3o2)cc1OC. The minimum Gasteiger partial charge on any atom is -0.504 e. The lowest BCUT2D eigenvalue weighted by Gasteiger charge is -2.25. The molecule has 1 heterocycles. The predicted molar refractivity (Wildman–Crippen MR) is 112 cm³/mol. The fourth-order valence-corrected chi connectivity index (χ4v) is 3.30. The third kappa shape index (κ3) is 3.41. The van der Waals surface area contributed by atoms with Crippen LogP contribution in [0.25, 0.3) is 22.6 Å². The molecule has 3 aromatic rings. The normalized spacial score (nSPS) is 12.4. The summed E-state index contributed by atoms with van der Waals surface area (Å²) in [5, 5.41) is 10.9. The Labute approximate surface area is 166 Å². The molecule has 0 saturated carbocycles. The molecule has 28 heavy (non-hydrogen) atoms. The maximum absolute atomic E-state index is 10.9. The van der Waals surface area contributed by atoms with Crippen molar-refractivity contribution in [1.29, 1.82) is 0 Å². The lowest BCUT2D eigenvalue weighted by molar-refractivity contribution is 0.355. The highest BCUT2D eigenvalue weighted by atomic mass is 16.5. The number of phenolic OH excluding ortho intramolecular Hbond substituents is 1. The van der Waals surface area contributed by atoms with Gasteiger partial charge in [-0.05, 0) is 40.7 Å². The molecule has 0 aliphatic rings. The zero-order valence-corrected chi connectivity index (χ0v) is 17.9. The van der Waals surface area contributed by atoms with E-state index in [2.05, 4.69) is 47.6 Å². The van der Waals surface area contributed by atoms with E-state index in [-0.39, 0.29) is 16.6 Å². The molecular weight excluding hydrogens is 354 g/mol. The molecule has 0 spiro atoms. The summed E-state index contributed by atoms with van der Waals surface area (Å²) < 4.78 is 16.8. The summed E-state index contributed by atoms with van der Waals surface area (Å²) in [6, 6.07) is 7.55. The van der Waals surface area contributed by atoms with Gasteiger partial charge in [-0.2, -0.15) is 0 Å². The van der Waals surface area contributed by atoms with Crippen molar-refractivity contribution in [3.05, 3.63) is 35.4 Å². The third-order valence-corrected chi connectivity index (χ3v) is 4.89. The highest BCUT2D eigenvalue weighted by Crippen LogP contribution is 2.43. The van der Waals surface area contributed by atoms with Gasteiger partial charge in [-0.15, -0.1) is 0 Å². The number of ether oxygens (including phenoxy) is 2. The van der Waals surface area contributed by atoms with Crippen LogP contribution in [-0.2, 0) is 10.8 Å². The lowest BCUT2D eigenvalue weighted by atomic mass is 9.79. The van der Waals surface area contributed by atoms with E-state index in [9.17, 15) is 5.11 Å². The third-order valence-electron chi connectivity index (χ3n) is 4.89. The van der Waals surface area contributed by atoms with Gasteiger partial charge in [0.2, 0.25) is 5.89 Å². The molecular formula is C23H29NO4. The first-order chi connectivity index (χ1) is 13.0. The average molecular weight is 383 g/mol. The van der Waals surface area contributed by atoms with Gasteiger partial charge in [0.05, 0.1) is 14.2 Å². The van der Waals surface area contributed by atoms with Crippen LogP contribution in [0.3, 0.4) is 0 Å². The second-order valence-corrected chi connectivity index (χ2v) is 9.09. The van der Waals surface area contributed by atoms with Gasteiger partial charge in [0.25, 0.3) is 0 Å². The second-order valence-electron chi connectivity index (χ2n) is 9.09. The van der Waals surface area contributed by atoms with Gasteiger partial charge in [-0.1, -0.05) is 41.5 Å². The van der Waals surface area contributed by atoms with E-state index in [4.69, 9.17) is 18.9 Å². The molecule has 0 saturated heterocycles. The van der Waals surface area contributed by atoms with Crippen molar-refractivity contribution in [1.82, 2.24) is 4.98 Å². The number of methoxy groups -OCH3 is 2. The summed E-state index contributed by atoms with van der Waals surface area (Å²) in [7, 11) is 3.19. The Balaban J connectivity index is 2.30. The summed E-state index contributed by atoms with van der Waals surface area (Å²) >= 11 is 0. The van der Waals surface area contributed by atoms with Crippen LogP contribution >= 0.6 is 0 Å².